The van der Waals surface area contributed by atoms with E-state index < -0.39 is 11.9 Å². The van der Waals surface area contributed by atoms with Crippen LogP contribution in [0.4, 0.5) is 0 Å². The number of aryl methyl sites for hydroxylation is 1. The van der Waals surface area contributed by atoms with Crippen molar-refractivity contribution in [3.8, 4) is 0 Å². The van der Waals surface area contributed by atoms with Gasteiger partial charge in [-0.25, -0.2) is 0 Å². The summed E-state index contributed by atoms with van der Waals surface area (Å²) in [4.78, 5) is 24.4. The molecule has 7 heteroatoms. The molecule has 1 aromatic heterocycles. The van der Waals surface area contributed by atoms with Crippen molar-refractivity contribution in [2.45, 2.75) is 25.8 Å². The molecule has 1 aromatic rings. The molecule has 1 N–H and O–H groups in total. The molecule has 1 saturated carbocycles. The number of hydrogen-bond donors (Lipinski definition) is 1. The first-order chi connectivity index (χ1) is 8.41. The summed E-state index contributed by atoms with van der Waals surface area (Å²) >= 11 is 6.04. The number of amides is 1. The van der Waals surface area contributed by atoms with Crippen molar-refractivity contribution in [3.05, 3.63) is 16.4 Å². The second-order valence-corrected chi connectivity index (χ2v) is 4.81. The van der Waals surface area contributed by atoms with Crippen LogP contribution in [0, 0.1) is 6.92 Å². The molecule has 1 aliphatic carbocycles. The number of rotatable bonds is 4. The van der Waals surface area contributed by atoms with E-state index >= 15 is 0 Å². The van der Waals surface area contributed by atoms with Gasteiger partial charge in [-0.2, -0.15) is 5.10 Å². The topological polar surface area (TPSA) is 75.4 Å². The first kappa shape index (κ1) is 12.9. The van der Waals surface area contributed by atoms with Crippen LogP contribution in [-0.2, 0) is 11.8 Å². The van der Waals surface area contributed by atoms with Gasteiger partial charge in [0.2, 0.25) is 0 Å². The lowest BCUT2D eigenvalue weighted by molar-refractivity contribution is -0.137. The van der Waals surface area contributed by atoms with Gasteiger partial charge >= 0.3 is 5.97 Å². The molecule has 0 radical (unpaired) electrons. The first-order valence-electron chi connectivity index (χ1n) is 5.63. The van der Waals surface area contributed by atoms with Gasteiger partial charge in [-0.1, -0.05) is 11.6 Å². The van der Waals surface area contributed by atoms with E-state index in [2.05, 4.69) is 5.10 Å². The van der Waals surface area contributed by atoms with Crippen LogP contribution in [0.5, 0.6) is 0 Å². The third-order valence-corrected chi connectivity index (χ3v) is 3.47. The molecule has 1 aliphatic rings. The van der Waals surface area contributed by atoms with E-state index in [0.29, 0.717) is 10.7 Å². The number of aliphatic carboxylic acids is 1. The fourth-order valence-electron chi connectivity index (χ4n) is 1.75. The van der Waals surface area contributed by atoms with Crippen LogP contribution in [0.3, 0.4) is 0 Å². The minimum atomic E-state index is -1.03. The smallest absolute Gasteiger partial charge is 0.323 e. The van der Waals surface area contributed by atoms with Crippen LogP contribution in [0.2, 0.25) is 5.02 Å². The maximum atomic E-state index is 12.3. The standard InChI is InChI=1S/C11H14ClN3O3/c1-6-9(12)10(13-14(6)2)11(18)15(5-8(16)17)7-3-4-7/h7H,3-5H2,1-2H3,(H,16,17). The van der Waals surface area contributed by atoms with Gasteiger partial charge in [0.25, 0.3) is 5.91 Å². The number of carbonyl (C=O) groups is 2. The molecule has 1 heterocycles. The second-order valence-electron chi connectivity index (χ2n) is 4.43. The van der Waals surface area contributed by atoms with Gasteiger partial charge in [-0.15, -0.1) is 0 Å². The Balaban J connectivity index is 2.27. The van der Waals surface area contributed by atoms with Crippen molar-refractivity contribution < 1.29 is 14.7 Å². The van der Waals surface area contributed by atoms with Gasteiger partial charge in [0.1, 0.15) is 6.54 Å². The predicted molar refractivity (Wildman–Crippen MR) is 64.6 cm³/mol. The average molecular weight is 272 g/mol. The van der Waals surface area contributed by atoms with E-state index in [4.69, 9.17) is 16.7 Å². The van der Waals surface area contributed by atoms with E-state index in [9.17, 15) is 9.59 Å². The fourth-order valence-corrected chi connectivity index (χ4v) is 1.99. The molecule has 0 atom stereocenters. The molecule has 2 rings (SSSR count). The van der Waals surface area contributed by atoms with Gasteiger partial charge in [-0.3, -0.25) is 14.3 Å². The number of aromatic nitrogens is 2. The number of nitrogens with zero attached hydrogens (tertiary/aromatic N) is 3. The number of halogens is 1. The van der Waals surface area contributed by atoms with Gasteiger partial charge in [-0.05, 0) is 19.8 Å². The van der Waals surface area contributed by atoms with E-state index in [1.807, 2.05) is 0 Å². The Morgan fingerprint density at radius 3 is 2.56 bits per heavy atom. The molecule has 6 nitrogen and oxygen atoms in total. The molecule has 0 saturated heterocycles. The molecule has 18 heavy (non-hydrogen) atoms. The highest BCUT2D eigenvalue weighted by Crippen LogP contribution is 2.29. The fraction of sp³-hybridized carbons (Fsp3) is 0.545. The van der Waals surface area contributed by atoms with Crippen LogP contribution in [0.25, 0.3) is 0 Å². The normalized spacial score (nSPS) is 14.6. The van der Waals surface area contributed by atoms with Gasteiger partial charge in [0, 0.05) is 13.1 Å². The monoisotopic (exact) mass is 271 g/mol. The van der Waals surface area contributed by atoms with Crippen molar-refractivity contribution in [3.63, 3.8) is 0 Å². The van der Waals surface area contributed by atoms with E-state index in [0.717, 1.165) is 12.8 Å². The minimum absolute atomic E-state index is 0.00646. The number of hydrogen-bond acceptors (Lipinski definition) is 3. The summed E-state index contributed by atoms with van der Waals surface area (Å²) in [5.41, 5.74) is 0.816. The molecular formula is C11H14ClN3O3. The molecule has 1 fully saturated rings. The highest BCUT2D eigenvalue weighted by Gasteiger charge is 2.36. The molecule has 1 amide bonds. The summed E-state index contributed by atoms with van der Waals surface area (Å²) < 4.78 is 1.52. The molecule has 0 spiro atoms. The lowest BCUT2D eigenvalue weighted by Gasteiger charge is -2.18. The predicted octanol–water partition coefficient (Wildman–Crippen LogP) is 1.07. The number of carbonyl (C=O) groups excluding carboxylic acids is 1. The minimum Gasteiger partial charge on any atom is -0.480 e. The van der Waals surface area contributed by atoms with Gasteiger partial charge in [0.15, 0.2) is 5.69 Å². The quantitative estimate of drug-likeness (QED) is 0.889. The molecule has 0 aromatic carbocycles. The Kier molecular flexibility index (Phi) is 3.30. The van der Waals surface area contributed by atoms with E-state index in [1.165, 1.54) is 9.58 Å². The third-order valence-electron chi connectivity index (χ3n) is 3.02. The zero-order valence-electron chi connectivity index (χ0n) is 10.2. The maximum absolute atomic E-state index is 12.3. The highest BCUT2D eigenvalue weighted by molar-refractivity contribution is 6.34. The Morgan fingerprint density at radius 2 is 2.17 bits per heavy atom. The van der Waals surface area contributed by atoms with Crippen molar-refractivity contribution in [1.29, 1.82) is 0 Å². The zero-order chi connectivity index (χ0) is 13.4. The van der Waals surface area contributed by atoms with Crippen molar-refractivity contribution >= 4 is 23.5 Å². The van der Waals surface area contributed by atoms with Crippen LogP contribution in [0.15, 0.2) is 0 Å². The summed E-state index contributed by atoms with van der Waals surface area (Å²) in [6.07, 6.45) is 1.67. The summed E-state index contributed by atoms with van der Waals surface area (Å²) in [6, 6.07) is 0.00646. The largest absolute Gasteiger partial charge is 0.480 e. The summed E-state index contributed by atoms with van der Waals surface area (Å²) in [7, 11) is 1.69. The van der Waals surface area contributed by atoms with Crippen molar-refractivity contribution in [2.75, 3.05) is 6.54 Å². The third kappa shape index (κ3) is 2.33. The van der Waals surface area contributed by atoms with Crippen molar-refractivity contribution in [2.24, 2.45) is 7.05 Å². The summed E-state index contributed by atoms with van der Waals surface area (Å²) in [6.45, 7) is 1.44. The summed E-state index contributed by atoms with van der Waals surface area (Å²) in [5, 5.41) is 13.2. The molecule has 0 unspecified atom stereocenters. The first-order valence-corrected chi connectivity index (χ1v) is 6.01. The van der Waals surface area contributed by atoms with E-state index in [-0.39, 0.29) is 18.3 Å². The lowest BCUT2D eigenvalue weighted by atomic mass is 10.3. The molecule has 0 aliphatic heterocycles. The summed E-state index contributed by atoms with van der Waals surface area (Å²) in [5.74, 6) is -1.44. The zero-order valence-corrected chi connectivity index (χ0v) is 10.9. The maximum Gasteiger partial charge on any atom is 0.323 e. The van der Waals surface area contributed by atoms with Crippen LogP contribution < -0.4 is 0 Å². The van der Waals surface area contributed by atoms with Gasteiger partial charge < -0.3 is 10.0 Å². The number of carboxylic acid groups (broad SMARTS) is 1. The Labute approximate surface area is 109 Å². The van der Waals surface area contributed by atoms with Crippen molar-refractivity contribution in [1.82, 2.24) is 14.7 Å². The average Bonchev–Trinajstić information content (AvgIpc) is 3.10. The van der Waals surface area contributed by atoms with Crippen LogP contribution >= 0.6 is 11.6 Å². The molecule has 98 valence electrons. The Bertz CT molecular complexity index is 508. The van der Waals surface area contributed by atoms with Crippen LogP contribution in [-0.4, -0.2) is 44.3 Å². The SMILES string of the molecule is Cc1c(Cl)c(C(=O)N(CC(=O)O)C2CC2)nn1C. The van der Waals surface area contributed by atoms with E-state index in [1.54, 1.807) is 14.0 Å². The highest BCUT2D eigenvalue weighted by atomic mass is 35.5. The number of carboxylic acids is 1. The van der Waals surface area contributed by atoms with Gasteiger partial charge in [0.05, 0.1) is 10.7 Å². The molecular weight excluding hydrogens is 258 g/mol. The second kappa shape index (κ2) is 4.61. The Hall–Kier alpha value is -1.56. The van der Waals surface area contributed by atoms with Crippen LogP contribution in [0.1, 0.15) is 29.0 Å². The lowest BCUT2D eigenvalue weighted by Crippen LogP contribution is -2.37. The molecule has 0 bridgehead atoms. The Morgan fingerprint density at radius 1 is 1.56 bits per heavy atom.